The summed E-state index contributed by atoms with van der Waals surface area (Å²) in [5.41, 5.74) is 0.475. The molecule has 1 aromatic rings. The van der Waals surface area contributed by atoms with Gasteiger partial charge in [0.2, 0.25) is 0 Å². The van der Waals surface area contributed by atoms with Crippen molar-refractivity contribution in [3.8, 4) is 5.75 Å². The number of esters is 1. The number of hydrogen-bond donors (Lipinski definition) is 1. The normalized spacial score (nSPS) is 23.6. The van der Waals surface area contributed by atoms with Crippen LogP contribution in [0.4, 0.5) is 4.39 Å². The molecule has 1 aliphatic carbocycles. The maximum absolute atomic E-state index is 13.4. The minimum Gasteiger partial charge on any atom is -0.508 e. The number of ether oxygens (including phenoxy) is 1. The van der Waals surface area contributed by atoms with E-state index in [1.54, 1.807) is 0 Å². The van der Waals surface area contributed by atoms with E-state index in [9.17, 15) is 9.18 Å². The summed E-state index contributed by atoms with van der Waals surface area (Å²) in [6.07, 6.45) is 0.619. The maximum Gasteiger partial charge on any atom is 0.309 e. The highest BCUT2D eigenvalue weighted by molar-refractivity contribution is 5.77. The van der Waals surface area contributed by atoms with Crippen molar-refractivity contribution in [3.05, 3.63) is 29.6 Å². The van der Waals surface area contributed by atoms with Crippen molar-refractivity contribution < 1.29 is 19.0 Å². The highest BCUT2D eigenvalue weighted by Gasteiger charge is 2.46. The zero-order valence-corrected chi connectivity index (χ0v) is 8.24. The van der Waals surface area contributed by atoms with Gasteiger partial charge >= 0.3 is 5.97 Å². The first-order valence-corrected chi connectivity index (χ1v) is 4.69. The first kappa shape index (κ1) is 9.96. The number of phenolic OH excluding ortho intramolecular Hbond substituents is 1. The molecule has 4 heteroatoms. The number of carbonyl (C=O) groups is 1. The largest absolute Gasteiger partial charge is 0.508 e. The molecule has 0 unspecified atom stereocenters. The van der Waals surface area contributed by atoms with E-state index >= 15 is 0 Å². The van der Waals surface area contributed by atoms with Crippen molar-refractivity contribution in [2.45, 2.75) is 12.3 Å². The van der Waals surface area contributed by atoms with Gasteiger partial charge in [0.05, 0.1) is 13.0 Å². The molecule has 1 N–H and O–H groups in total. The number of benzene rings is 1. The van der Waals surface area contributed by atoms with Crippen LogP contribution in [0.2, 0.25) is 0 Å². The van der Waals surface area contributed by atoms with Crippen LogP contribution in [0.5, 0.6) is 5.75 Å². The third kappa shape index (κ3) is 1.79. The summed E-state index contributed by atoms with van der Waals surface area (Å²) < 4.78 is 17.9. The van der Waals surface area contributed by atoms with E-state index in [0.29, 0.717) is 12.0 Å². The van der Waals surface area contributed by atoms with Gasteiger partial charge in [0, 0.05) is 12.0 Å². The van der Waals surface area contributed by atoms with Gasteiger partial charge in [0.15, 0.2) is 0 Å². The molecule has 0 spiro atoms. The smallest absolute Gasteiger partial charge is 0.309 e. The van der Waals surface area contributed by atoms with E-state index in [4.69, 9.17) is 5.11 Å². The number of phenols is 1. The van der Waals surface area contributed by atoms with Crippen LogP contribution in [0.1, 0.15) is 17.9 Å². The average Bonchev–Trinajstić information content (AvgIpc) is 2.96. The third-order valence-corrected chi connectivity index (χ3v) is 2.68. The van der Waals surface area contributed by atoms with Crippen molar-refractivity contribution in [1.29, 1.82) is 0 Å². The SMILES string of the molecule is COC(=O)[C@@H]1C[C@H]1c1ccc(O)cc1F. The van der Waals surface area contributed by atoms with Crippen LogP contribution in [-0.4, -0.2) is 18.2 Å². The topological polar surface area (TPSA) is 46.5 Å². The fraction of sp³-hybridized carbons (Fsp3) is 0.364. The van der Waals surface area contributed by atoms with Crippen LogP contribution in [0.15, 0.2) is 18.2 Å². The third-order valence-electron chi connectivity index (χ3n) is 2.68. The summed E-state index contributed by atoms with van der Waals surface area (Å²) in [7, 11) is 1.32. The van der Waals surface area contributed by atoms with Gasteiger partial charge in [-0.25, -0.2) is 4.39 Å². The van der Waals surface area contributed by atoms with Crippen molar-refractivity contribution in [2.24, 2.45) is 5.92 Å². The van der Waals surface area contributed by atoms with Gasteiger partial charge in [-0.15, -0.1) is 0 Å². The fourth-order valence-electron chi connectivity index (χ4n) is 1.77. The number of halogens is 1. The Hall–Kier alpha value is -1.58. The molecule has 0 heterocycles. The molecule has 0 bridgehead atoms. The van der Waals surface area contributed by atoms with Crippen molar-refractivity contribution in [2.75, 3.05) is 7.11 Å². The van der Waals surface area contributed by atoms with Gasteiger partial charge < -0.3 is 9.84 Å². The lowest BCUT2D eigenvalue weighted by molar-refractivity contribution is -0.142. The van der Waals surface area contributed by atoms with Crippen LogP contribution in [0.25, 0.3) is 0 Å². The Kier molecular flexibility index (Phi) is 2.34. The molecule has 0 aliphatic heterocycles. The quantitative estimate of drug-likeness (QED) is 0.757. The van der Waals surface area contributed by atoms with Crippen molar-refractivity contribution in [1.82, 2.24) is 0 Å². The highest BCUT2D eigenvalue weighted by Crippen LogP contribution is 2.49. The summed E-state index contributed by atoms with van der Waals surface area (Å²) in [5, 5.41) is 9.03. The average molecular weight is 210 g/mol. The molecular formula is C11H11FO3. The lowest BCUT2D eigenvalue weighted by Crippen LogP contribution is -2.04. The summed E-state index contributed by atoms with van der Waals surface area (Å²) in [4.78, 5) is 11.1. The summed E-state index contributed by atoms with van der Waals surface area (Å²) in [6.45, 7) is 0. The van der Waals surface area contributed by atoms with Gasteiger partial charge in [0.1, 0.15) is 11.6 Å². The Morgan fingerprint density at radius 1 is 1.60 bits per heavy atom. The monoisotopic (exact) mass is 210 g/mol. The molecule has 2 rings (SSSR count). The van der Waals surface area contributed by atoms with E-state index < -0.39 is 5.82 Å². The molecule has 0 saturated heterocycles. The number of rotatable bonds is 2. The van der Waals surface area contributed by atoms with Crippen molar-refractivity contribution in [3.63, 3.8) is 0 Å². The standard InChI is InChI=1S/C11H11FO3/c1-15-11(14)9-5-8(9)7-3-2-6(13)4-10(7)12/h2-4,8-9,13H,5H2,1H3/t8-,9+/m0/s1. The zero-order chi connectivity index (χ0) is 11.0. The molecule has 1 saturated carbocycles. The Balaban J connectivity index is 2.16. The first-order valence-electron chi connectivity index (χ1n) is 4.69. The Bertz CT molecular complexity index is 403. The molecule has 3 nitrogen and oxygen atoms in total. The second-order valence-electron chi connectivity index (χ2n) is 3.68. The second kappa shape index (κ2) is 3.53. The number of hydrogen-bond acceptors (Lipinski definition) is 3. The van der Waals surface area contributed by atoms with Crippen LogP contribution >= 0.6 is 0 Å². The highest BCUT2D eigenvalue weighted by atomic mass is 19.1. The molecule has 0 radical (unpaired) electrons. The van der Waals surface area contributed by atoms with E-state index in [0.717, 1.165) is 6.07 Å². The van der Waals surface area contributed by atoms with E-state index in [-0.39, 0.29) is 23.6 Å². The molecule has 15 heavy (non-hydrogen) atoms. The number of methoxy groups -OCH3 is 1. The predicted molar refractivity (Wildman–Crippen MR) is 50.9 cm³/mol. The van der Waals surface area contributed by atoms with Gasteiger partial charge in [0.25, 0.3) is 0 Å². The van der Waals surface area contributed by atoms with Crippen molar-refractivity contribution >= 4 is 5.97 Å². The van der Waals surface area contributed by atoms with Crippen LogP contribution in [-0.2, 0) is 9.53 Å². The predicted octanol–water partition coefficient (Wildman–Crippen LogP) is 1.81. The molecule has 0 aromatic heterocycles. The van der Waals surface area contributed by atoms with Crippen LogP contribution < -0.4 is 0 Å². The summed E-state index contributed by atoms with van der Waals surface area (Å²) in [6, 6.07) is 3.99. The van der Waals surface area contributed by atoms with Gasteiger partial charge in [-0.3, -0.25) is 4.79 Å². The minimum atomic E-state index is -0.466. The van der Waals surface area contributed by atoms with Gasteiger partial charge in [-0.2, -0.15) is 0 Å². The molecular weight excluding hydrogens is 199 g/mol. The summed E-state index contributed by atoms with van der Waals surface area (Å²) >= 11 is 0. The Morgan fingerprint density at radius 2 is 2.33 bits per heavy atom. The Labute approximate surface area is 86.5 Å². The lowest BCUT2D eigenvalue weighted by atomic mass is 10.1. The maximum atomic E-state index is 13.4. The van der Waals surface area contributed by atoms with Gasteiger partial charge in [-0.1, -0.05) is 6.07 Å². The summed E-state index contributed by atoms with van der Waals surface area (Å²) in [5.74, 6) is -1.20. The molecule has 80 valence electrons. The molecule has 1 aromatic carbocycles. The Morgan fingerprint density at radius 3 is 2.93 bits per heavy atom. The van der Waals surface area contributed by atoms with Gasteiger partial charge in [-0.05, 0) is 18.1 Å². The first-order chi connectivity index (χ1) is 7.13. The fourth-order valence-corrected chi connectivity index (χ4v) is 1.77. The molecule has 2 atom stereocenters. The number of carbonyl (C=O) groups excluding carboxylic acids is 1. The van der Waals surface area contributed by atoms with Crippen LogP contribution in [0, 0.1) is 11.7 Å². The minimum absolute atomic E-state index is 0.0990. The zero-order valence-electron chi connectivity index (χ0n) is 8.24. The molecule has 1 aliphatic rings. The van der Waals surface area contributed by atoms with E-state index in [1.165, 1.54) is 19.2 Å². The van der Waals surface area contributed by atoms with E-state index in [1.807, 2.05) is 0 Å². The molecule has 0 amide bonds. The lowest BCUT2D eigenvalue weighted by Gasteiger charge is -2.02. The van der Waals surface area contributed by atoms with E-state index in [2.05, 4.69) is 4.74 Å². The second-order valence-corrected chi connectivity index (χ2v) is 3.68. The number of aromatic hydroxyl groups is 1. The van der Waals surface area contributed by atoms with Crippen LogP contribution in [0.3, 0.4) is 0 Å². The molecule has 1 fully saturated rings.